The first-order chi connectivity index (χ1) is 4.22. The Morgan fingerprint density at radius 1 is 1.11 bits per heavy atom. The molecule has 9 heavy (non-hydrogen) atoms. The summed E-state index contributed by atoms with van der Waals surface area (Å²) < 4.78 is 1.78. The van der Waals surface area contributed by atoms with Crippen LogP contribution in [0.4, 0.5) is 0 Å². The molecule has 0 fully saturated rings. The third-order valence-corrected chi connectivity index (χ3v) is 29.8. The van der Waals surface area contributed by atoms with Crippen LogP contribution in [0.3, 0.4) is 0 Å². The molecule has 0 saturated carbocycles. The predicted octanol–water partition coefficient (Wildman–Crippen LogP) is 4.76. The Kier molecular flexibility index (Phi) is 5.03. The van der Waals surface area contributed by atoms with Crippen LogP contribution < -0.4 is 0 Å². The molecule has 0 spiro atoms. The maximum Gasteiger partial charge on any atom is 0.0998 e. The van der Waals surface area contributed by atoms with Gasteiger partial charge in [0, 0.05) is 0 Å². The second kappa shape index (κ2) is 4.64. The van der Waals surface area contributed by atoms with Crippen LogP contribution in [0, 0.1) is 0 Å². The highest BCUT2D eigenvalue weighted by molar-refractivity contribution is 15.3. The van der Waals surface area contributed by atoms with Crippen molar-refractivity contribution in [3.05, 3.63) is 8.07 Å². The van der Waals surface area contributed by atoms with Crippen LogP contribution in [0.25, 0.3) is 0 Å². The Morgan fingerprint density at radius 2 is 1.78 bits per heavy atom. The van der Waals surface area contributed by atoms with E-state index in [9.17, 15) is 0 Å². The van der Waals surface area contributed by atoms with E-state index in [0.717, 1.165) is 6.01 Å². The first-order valence-corrected chi connectivity index (χ1v) is 17.6. The smallest absolute Gasteiger partial charge is 0.0800 e. The molecule has 0 nitrogen and oxygen atoms in total. The van der Waals surface area contributed by atoms with Crippen LogP contribution in [0.15, 0.2) is 8.07 Å². The minimum absolute atomic E-state index is 0.151. The molecule has 0 unspecified atom stereocenters. The largest absolute Gasteiger partial charge is 0.0998 e. The van der Waals surface area contributed by atoms with Gasteiger partial charge in [0.1, 0.15) is 0 Å². The zero-order chi connectivity index (χ0) is 6.85. The van der Waals surface area contributed by atoms with Gasteiger partial charge in [0.15, 0.2) is 0 Å². The van der Waals surface area contributed by atoms with Gasteiger partial charge in [-0.3, -0.25) is 0 Å². The normalized spacial score (nSPS) is 21.0. The van der Waals surface area contributed by atoms with Gasteiger partial charge in [-0.05, 0) is 46.0 Å². The molecule has 0 aromatic rings. The topological polar surface area (TPSA) is 0 Å². The second-order valence-corrected chi connectivity index (χ2v) is 28.1. The molecule has 0 aromatic carbocycles. The Hall–Kier alpha value is 2.67. The Balaban J connectivity index is 3.06. The van der Waals surface area contributed by atoms with Crippen molar-refractivity contribution in [2.75, 3.05) is 0 Å². The maximum atomic E-state index is 5.80. The summed E-state index contributed by atoms with van der Waals surface area (Å²) in [6.45, 7) is 0. The number of allylic oxidation sites excluding steroid dienone is 1. The van der Waals surface area contributed by atoms with Crippen molar-refractivity contribution in [2.45, 2.75) is 0 Å². The maximum absolute atomic E-state index is 5.80. The van der Waals surface area contributed by atoms with Crippen molar-refractivity contribution in [1.29, 1.82) is 0 Å². The molecular weight excluding hydrogens is 523 g/mol. The number of rotatable bonds is 0. The molecule has 1 aliphatic heterocycles. The molecule has 0 radical (unpaired) electrons. The van der Waals surface area contributed by atoms with Crippen molar-refractivity contribution in [3.8, 4) is 0 Å². The molecule has 0 bridgehead atoms. The van der Waals surface area contributed by atoms with Crippen molar-refractivity contribution in [2.24, 2.45) is 0 Å². The third kappa shape index (κ3) is 2.89. The van der Waals surface area contributed by atoms with Gasteiger partial charge in [-0.25, -0.2) is 0 Å². The average Bonchev–Trinajstić information content (AvgIpc) is 1.83. The standard InChI is InChI=1S/C3Cl3I3/c4-1-2(5)7-9-8-3(1)6. The molecule has 6 heteroatoms. The van der Waals surface area contributed by atoms with E-state index in [-0.39, 0.29) is 33.3 Å². The van der Waals surface area contributed by atoms with Crippen LogP contribution in [0.1, 0.15) is 0 Å². The zero-order valence-electron chi connectivity index (χ0n) is 3.77. The highest BCUT2D eigenvalue weighted by atomic mass is 128. The molecule has 1 heterocycles. The summed E-state index contributed by atoms with van der Waals surface area (Å²) in [5, 5.41) is 0.685. The van der Waals surface area contributed by atoms with E-state index in [2.05, 4.69) is 0 Å². The van der Waals surface area contributed by atoms with E-state index in [1.807, 2.05) is 0 Å². The van der Waals surface area contributed by atoms with Crippen LogP contribution >= 0.6 is 80.8 Å². The monoisotopic (exact) mass is 522 g/mol. The number of hydrogen-bond acceptors (Lipinski definition) is 0. The average molecular weight is 523 g/mol. The Bertz CT molecular complexity index is 216. The van der Waals surface area contributed by atoms with Gasteiger partial charge >= 0.3 is 0 Å². The van der Waals surface area contributed by atoms with Crippen molar-refractivity contribution in [3.63, 3.8) is 0 Å². The van der Waals surface area contributed by atoms with Crippen molar-refractivity contribution >= 4 is 83.7 Å². The molecule has 54 valence electrons. The summed E-state index contributed by atoms with van der Waals surface area (Å²) in [5.41, 5.74) is 0. The molecule has 1 rings (SSSR count). The lowest BCUT2D eigenvalue weighted by Crippen LogP contribution is -1.81. The first kappa shape index (κ1) is 9.76. The highest BCUT2D eigenvalue weighted by Gasteiger charge is 2.07. The molecule has 0 aromatic heterocycles. The fourth-order valence-corrected chi connectivity index (χ4v) is 37.6. The summed E-state index contributed by atoms with van der Waals surface area (Å²) in [6.07, 6.45) is 0. The van der Waals surface area contributed by atoms with E-state index < -0.39 is 0 Å². The van der Waals surface area contributed by atoms with Crippen molar-refractivity contribution < 1.29 is 0 Å². The lowest BCUT2D eigenvalue weighted by molar-refractivity contribution is 2.26. The Labute approximate surface area is 89.8 Å². The van der Waals surface area contributed by atoms with E-state index >= 15 is 0 Å². The van der Waals surface area contributed by atoms with Gasteiger partial charge in [-0.1, -0.05) is 34.8 Å². The summed E-state index contributed by atoms with van der Waals surface area (Å²) in [5.74, 6) is 0. The number of hydrogen-bond donors (Lipinski definition) is 0. The Morgan fingerprint density at radius 3 is 2.22 bits per heavy atom. The summed E-state index contributed by atoms with van der Waals surface area (Å²) >= 11 is 18.1. The van der Waals surface area contributed by atoms with E-state index in [1.165, 1.54) is 0 Å². The summed E-state index contributed by atoms with van der Waals surface area (Å²) in [4.78, 5) is 0. The molecule has 0 saturated heterocycles. The second-order valence-electron chi connectivity index (χ2n) is 1.03. The fourth-order valence-electron chi connectivity index (χ4n) is 0.195. The quantitative estimate of drug-likeness (QED) is 0.402. The molecular formula is C3Cl3I3. The number of halogens is 6. The third-order valence-electron chi connectivity index (χ3n) is 0.511. The van der Waals surface area contributed by atoms with Gasteiger partial charge < -0.3 is 0 Å². The molecule has 0 amide bonds. The van der Waals surface area contributed by atoms with E-state index in [1.54, 1.807) is 0 Å². The molecule has 0 aliphatic carbocycles. The SMILES string of the molecule is ClC1=II=IC(Cl)=C1Cl. The summed E-state index contributed by atoms with van der Waals surface area (Å²) in [7, 11) is 0. The van der Waals surface area contributed by atoms with Gasteiger partial charge in [-0.15, -0.1) is 0 Å². The van der Waals surface area contributed by atoms with E-state index in [4.69, 9.17) is 34.8 Å². The lowest BCUT2D eigenvalue weighted by Gasteiger charge is -1.98. The summed E-state index contributed by atoms with van der Waals surface area (Å²) in [6, 6.07) is 0. The van der Waals surface area contributed by atoms with Gasteiger partial charge in [0.2, 0.25) is 0 Å². The lowest BCUT2D eigenvalue weighted by atomic mass is 10.7. The molecule has 0 N–H and O–H groups in total. The van der Waals surface area contributed by atoms with Crippen LogP contribution in [0.5, 0.6) is 0 Å². The zero-order valence-corrected chi connectivity index (χ0v) is 12.5. The first-order valence-electron chi connectivity index (χ1n) is 1.73. The van der Waals surface area contributed by atoms with Gasteiger partial charge in [-0.2, -0.15) is 0 Å². The van der Waals surface area contributed by atoms with E-state index in [0.29, 0.717) is 17.7 Å². The van der Waals surface area contributed by atoms with Crippen LogP contribution in [0.2, 0.25) is 0 Å². The van der Waals surface area contributed by atoms with Crippen LogP contribution in [-0.2, 0) is 0 Å². The molecule has 1 aliphatic rings. The van der Waals surface area contributed by atoms with Gasteiger partial charge in [0.25, 0.3) is 0 Å². The van der Waals surface area contributed by atoms with Crippen molar-refractivity contribution in [1.82, 2.24) is 0 Å². The molecule has 0 atom stereocenters. The fraction of sp³-hybridized carbons (Fsp3) is 0. The highest BCUT2D eigenvalue weighted by Crippen LogP contribution is 2.47. The minimum Gasteiger partial charge on any atom is -0.0800 e. The van der Waals surface area contributed by atoms with Gasteiger partial charge in [0.05, 0.1) is 11.0 Å². The minimum atomic E-state index is 0.151. The van der Waals surface area contributed by atoms with Crippen LogP contribution in [-0.4, -0.2) is 2.97 Å². The predicted molar refractivity (Wildman–Crippen MR) is 71.7 cm³/mol.